The fraction of sp³-hybridized carbons (Fsp3) is 1.00. The lowest BCUT2D eigenvalue weighted by Gasteiger charge is -2.27. The number of unbranched alkanes of at least 4 members (excludes halogenated alkanes) is 15. The highest BCUT2D eigenvalue weighted by Crippen LogP contribution is 2.29. The topological polar surface area (TPSA) is 12.5 Å². The Labute approximate surface area is 171 Å². The van der Waals surface area contributed by atoms with Gasteiger partial charge in [0.2, 0.25) is 6.23 Å². The van der Waals surface area contributed by atoms with E-state index in [0.717, 1.165) is 4.48 Å². The minimum absolute atomic E-state index is 0. The Morgan fingerprint density at radius 2 is 0.923 bits per heavy atom. The third-order valence-electron chi connectivity index (χ3n) is 5.96. The Balaban J connectivity index is 0.00000625. The molecule has 1 saturated heterocycles. The Morgan fingerprint density at radius 3 is 1.23 bits per heavy atom. The van der Waals surface area contributed by atoms with Crippen LogP contribution in [0.25, 0.3) is 0 Å². The van der Waals surface area contributed by atoms with Crippen molar-refractivity contribution in [3.8, 4) is 0 Å². The first kappa shape index (κ1) is 26.2. The molecule has 0 aromatic heterocycles. The third kappa shape index (κ3) is 13.4. The van der Waals surface area contributed by atoms with Gasteiger partial charge in [0.1, 0.15) is 6.10 Å². The molecule has 1 aliphatic rings. The number of halogens is 1. The number of ether oxygens (including phenoxy) is 1. The molecule has 2 unspecified atom stereocenters. The van der Waals surface area contributed by atoms with E-state index < -0.39 is 0 Å². The zero-order valence-corrected chi connectivity index (χ0v) is 19.2. The van der Waals surface area contributed by atoms with Gasteiger partial charge in [0, 0.05) is 0 Å². The van der Waals surface area contributed by atoms with Crippen LogP contribution in [-0.4, -0.2) is 37.5 Å². The lowest BCUT2D eigenvalue weighted by atomic mass is 10.0. The molecule has 0 spiro atoms. The lowest BCUT2D eigenvalue weighted by molar-refractivity contribution is -0.911. The summed E-state index contributed by atoms with van der Waals surface area (Å²) >= 11 is 0. The van der Waals surface area contributed by atoms with Crippen LogP contribution in [0, 0.1) is 0 Å². The van der Waals surface area contributed by atoms with Crippen LogP contribution in [0.3, 0.4) is 0 Å². The first-order valence-corrected chi connectivity index (χ1v) is 11.6. The van der Waals surface area contributed by atoms with Crippen molar-refractivity contribution in [3.05, 3.63) is 0 Å². The highest BCUT2D eigenvalue weighted by molar-refractivity contribution is 4.71. The molecule has 3 heteroatoms. The smallest absolute Gasteiger partial charge is 0.220 e. The van der Waals surface area contributed by atoms with Gasteiger partial charge < -0.3 is 21.6 Å². The van der Waals surface area contributed by atoms with E-state index in [1.807, 2.05) is 0 Å². The molecule has 0 aliphatic carbocycles. The van der Waals surface area contributed by atoms with Gasteiger partial charge in [-0.15, -0.1) is 0 Å². The molecule has 0 saturated carbocycles. The molecule has 26 heavy (non-hydrogen) atoms. The molecule has 0 radical (unpaired) electrons. The number of hydrogen-bond acceptors (Lipinski definition) is 1. The molecule has 0 amide bonds. The minimum atomic E-state index is 0. The minimum Gasteiger partial charge on any atom is -1.00 e. The quantitative estimate of drug-likeness (QED) is 0.195. The van der Waals surface area contributed by atoms with Gasteiger partial charge in [-0.25, -0.2) is 0 Å². The van der Waals surface area contributed by atoms with Crippen molar-refractivity contribution in [3.63, 3.8) is 0 Å². The van der Waals surface area contributed by atoms with Crippen molar-refractivity contribution in [1.82, 2.24) is 0 Å². The Morgan fingerprint density at radius 1 is 0.615 bits per heavy atom. The van der Waals surface area contributed by atoms with Crippen molar-refractivity contribution in [1.29, 1.82) is 0 Å². The number of likely N-dealkylation sites (N-methyl/N-ethyl adjacent to an activating group) is 1. The van der Waals surface area contributed by atoms with Gasteiger partial charge >= 0.3 is 0 Å². The van der Waals surface area contributed by atoms with Gasteiger partial charge in [0.15, 0.2) is 0 Å². The second-order valence-electron chi connectivity index (χ2n) is 9.04. The molecule has 2 nitrogen and oxygen atoms in total. The van der Waals surface area contributed by atoms with Gasteiger partial charge in [0.05, 0.1) is 20.6 Å². The monoisotopic (exact) mass is 389 g/mol. The van der Waals surface area contributed by atoms with E-state index in [1.165, 1.54) is 109 Å². The van der Waals surface area contributed by atoms with E-state index in [-0.39, 0.29) is 12.4 Å². The van der Waals surface area contributed by atoms with E-state index >= 15 is 0 Å². The summed E-state index contributed by atoms with van der Waals surface area (Å²) in [6, 6.07) is 0. The normalized spacial score (nSPS) is 19.4. The number of rotatable bonds is 18. The maximum atomic E-state index is 5.63. The van der Waals surface area contributed by atoms with Crippen LogP contribution in [-0.2, 0) is 4.74 Å². The molecule has 158 valence electrons. The zero-order valence-electron chi connectivity index (χ0n) is 18.4. The zero-order chi connectivity index (χ0) is 18.4. The van der Waals surface area contributed by atoms with Crippen LogP contribution in [0.15, 0.2) is 0 Å². The summed E-state index contributed by atoms with van der Waals surface area (Å²) in [7, 11) is 4.64. The largest absolute Gasteiger partial charge is 1.00 e. The van der Waals surface area contributed by atoms with Crippen LogP contribution in [0.5, 0.6) is 0 Å². The van der Waals surface area contributed by atoms with Crippen LogP contribution < -0.4 is 12.4 Å². The van der Waals surface area contributed by atoms with E-state index in [0.29, 0.717) is 12.3 Å². The molecule has 0 N–H and O–H groups in total. The predicted molar refractivity (Wildman–Crippen MR) is 111 cm³/mol. The summed E-state index contributed by atoms with van der Waals surface area (Å²) in [4.78, 5) is 0. The van der Waals surface area contributed by atoms with Crippen LogP contribution in [0.4, 0.5) is 0 Å². The maximum Gasteiger partial charge on any atom is 0.220 e. The Hall–Kier alpha value is 0.210. The first-order chi connectivity index (χ1) is 12.1. The first-order valence-electron chi connectivity index (χ1n) is 11.6. The van der Waals surface area contributed by atoms with E-state index in [1.54, 1.807) is 0 Å². The van der Waals surface area contributed by atoms with Crippen molar-refractivity contribution in [2.24, 2.45) is 0 Å². The number of epoxide rings is 1. The summed E-state index contributed by atoms with van der Waals surface area (Å²) in [5.41, 5.74) is 0. The second kappa shape index (κ2) is 16.2. The number of hydrogen-bond donors (Lipinski definition) is 0. The molecule has 2 atom stereocenters. The molecular formula is C23H48ClNO. The summed E-state index contributed by atoms with van der Waals surface area (Å²) < 4.78 is 6.69. The van der Waals surface area contributed by atoms with Gasteiger partial charge in [-0.05, 0) is 19.8 Å². The summed E-state index contributed by atoms with van der Waals surface area (Å²) in [6.45, 7) is 5.76. The van der Waals surface area contributed by atoms with Crippen molar-refractivity contribution < 1.29 is 21.6 Å². The molecule has 0 aromatic carbocycles. The van der Waals surface area contributed by atoms with Gasteiger partial charge in [-0.3, -0.25) is 0 Å². The van der Waals surface area contributed by atoms with E-state index in [9.17, 15) is 0 Å². The number of nitrogens with zero attached hydrogens (tertiary/aromatic N) is 1. The summed E-state index contributed by atoms with van der Waals surface area (Å²) in [5.74, 6) is 0. The predicted octanol–water partition coefficient (Wildman–Crippen LogP) is 4.07. The SMILES string of the molecule is CCCCCCCCCCCCCCCCCC[N+](C)(C)C1OC1C.[Cl-]. The molecule has 0 aromatic rings. The lowest BCUT2D eigenvalue weighted by Crippen LogP contribution is -3.00. The van der Waals surface area contributed by atoms with Gasteiger partial charge in [-0.1, -0.05) is 96.8 Å². The molecule has 1 aliphatic heterocycles. The van der Waals surface area contributed by atoms with Crippen molar-refractivity contribution >= 4 is 0 Å². The van der Waals surface area contributed by atoms with Crippen molar-refractivity contribution in [2.75, 3.05) is 20.6 Å². The fourth-order valence-corrected chi connectivity index (χ4v) is 4.10. The molecule has 1 heterocycles. The third-order valence-corrected chi connectivity index (χ3v) is 5.96. The summed E-state index contributed by atoms with van der Waals surface area (Å²) in [5, 5.41) is 0. The molecular weight excluding hydrogens is 342 g/mol. The fourth-order valence-electron chi connectivity index (χ4n) is 4.10. The van der Waals surface area contributed by atoms with Crippen LogP contribution >= 0.6 is 0 Å². The average Bonchev–Trinajstić information content (AvgIpc) is 3.32. The Kier molecular flexibility index (Phi) is 16.3. The van der Waals surface area contributed by atoms with Crippen LogP contribution in [0.2, 0.25) is 0 Å². The molecule has 1 fully saturated rings. The Bertz CT molecular complexity index is 309. The highest BCUT2D eigenvalue weighted by Gasteiger charge is 2.47. The number of quaternary nitrogens is 1. The van der Waals surface area contributed by atoms with Gasteiger partial charge in [0.25, 0.3) is 0 Å². The summed E-state index contributed by atoms with van der Waals surface area (Å²) in [6.07, 6.45) is 24.1. The van der Waals surface area contributed by atoms with E-state index in [2.05, 4.69) is 27.9 Å². The highest BCUT2D eigenvalue weighted by atomic mass is 35.5. The molecule has 0 bridgehead atoms. The van der Waals surface area contributed by atoms with Crippen molar-refractivity contribution in [2.45, 2.75) is 129 Å². The second-order valence-corrected chi connectivity index (χ2v) is 9.04. The molecule has 1 rings (SSSR count). The average molecular weight is 390 g/mol. The van der Waals surface area contributed by atoms with Crippen LogP contribution in [0.1, 0.15) is 117 Å². The maximum absolute atomic E-state index is 5.63. The van der Waals surface area contributed by atoms with E-state index in [4.69, 9.17) is 4.74 Å². The standard InChI is InChI=1S/C23H48NO.ClH/c1-5-6-7-8-9-10-11-12-13-14-15-16-17-18-19-20-21-24(3,4)23-22(2)25-23;/h22-23H,5-21H2,1-4H3;1H/q+1;/p-1. The van der Waals surface area contributed by atoms with Gasteiger partial charge in [-0.2, -0.15) is 0 Å².